The van der Waals surface area contributed by atoms with E-state index in [9.17, 15) is 14.4 Å². The molecule has 6 atom stereocenters. The van der Waals surface area contributed by atoms with Gasteiger partial charge in [0.15, 0.2) is 0 Å². The minimum Gasteiger partial charge on any atom is -0.300 e. The molecule has 0 aromatic rings. The van der Waals surface area contributed by atoms with Crippen molar-refractivity contribution in [1.82, 2.24) is 0 Å². The lowest BCUT2D eigenvalue weighted by molar-refractivity contribution is -0.157. The van der Waals surface area contributed by atoms with Gasteiger partial charge in [-0.25, -0.2) is 0 Å². The number of ketones is 3. The summed E-state index contributed by atoms with van der Waals surface area (Å²) >= 11 is 0. The molecule has 22 heavy (non-hydrogen) atoms. The van der Waals surface area contributed by atoms with E-state index in [4.69, 9.17) is 0 Å². The Hall–Kier alpha value is -0.990. The first kappa shape index (κ1) is 14.6. The van der Waals surface area contributed by atoms with E-state index in [2.05, 4.69) is 13.8 Å². The number of hydrogen-bond donors (Lipinski definition) is 0. The summed E-state index contributed by atoms with van der Waals surface area (Å²) in [6, 6.07) is 0. The zero-order valence-corrected chi connectivity index (χ0v) is 13.7. The van der Waals surface area contributed by atoms with Crippen LogP contribution in [0.3, 0.4) is 0 Å². The van der Waals surface area contributed by atoms with Crippen molar-refractivity contribution in [2.45, 2.75) is 65.2 Å². The van der Waals surface area contributed by atoms with Gasteiger partial charge in [0, 0.05) is 38.0 Å². The second kappa shape index (κ2) is 4.52. The second-order valence-corrected chi connectivity index (χ2v) is 8.96. The van der Waals surface area contributed by atoms with Gasteiger partial charge in [-0.1, -0.05) is 13.8 Å². The van der Waals surface area contributed by atoms with Crippen LogP contribution in [0.5, 0.6) is 0 Å². The molecule has 4 aliphatic carbocycles. The maximum atomic E-state index is 12.8. The van der Waals surface area contributed by atoms with E-state index in [-0.39, 0.29) is 22.5 Å². The van der Waals surface area contributed by atoms with Gasteiger partial charge in [0.05, 0.1) is 0 Å². The van der Waals surface area contributed by atoms with E-state index in [1.165, 1.54) is 0 Å². The van der Waals surface area contributed by atoms with Crippen molar-refractivity contribution in [3.8, 4) is 0 Å². The summed E-state index contributed by atoms with van der Waals surface area (Å²) in [4.78, 5) is 36.7. The Bertz CT molecular complexity index is 565. The Morgan fingerprint density at radius 3 is 2.45 bits per heavy atom. The summed E-state index contributed by atoms with van der Waals surface area (Å²) in [5.74, 6) is 2.24. The molecule has 4 saturated carbocycles. The Kier molecular flexibility index (Phi) is 3.00. The average Bonchev–Trinajstić information content (AvgIpc) is 2.76. The molecule has 0 bridgehead atoms. The lowest BCUT2D eigenvalue weighted by atomic mass is 9.45. The first-order valence-electron chi connectivity index (χ1n) is 8.90. The zero-order chi connectivity index (χ0) is 15.7. The molecule has 0 N–H and O–H groups in total. The molecule has 3 heteroatoms. The van der Waals surface area contributed by atoms with Crippen LogP contribution in [0, 0.1) is 34.5 Å². The van der Waals surface area contributed by atoms with Crippen molar-refractivity contribution in [3.05, 3.63) is 0 Å². The van der Waals surface area contributed by atoms with E-state index < -0.39 is 0 Å². The van der Waals surface area contributed by atoms with E-state index in [0.717, 1.165) is 19.3 Å². The first-order chi connectivity index (χ1) is 10.3. The molecule has 0 aliphatic heterocycles. The topological polar surface area (TPSA) is 51.2 Å². The molecule has 0 spiro atoms. The molecule has 0 heterocycles. The Morgan fingerprint density at radius 1 is 0.909 bits per heavy atom. The second-order valence-electron chi connectivity index (χ2n) is 8.96. The highest BCUT2D eigenvalue weighted by molar-refractivity contribution is 5.91. The van der Waals surface area contributed by atoms with Crippen LogP contribution in [0.25, 0.3) is 0 Å². The molecule has 0 aromatic heterocycles. The molecule has 0 aromatic carbocycles. The van der Waals surface area contributed by atoms with Crippen LogP contribution < -0.4 is 0 Å². The van der Waals surface area contributed by atoms with Crippen molar-refractivity contribution in [1.29, 1.82) is 0 Å². The highest BCUT2D eigenvalue weighted by Crippen LogP contribution is 2.64. The highest BCUT2D eigenvalue weighted by atomic mass is 16.1. The fourth-order valence-electron chi connectivity index (χ4n) is 6.62. The van der Waals surface area contributed by atoms with Crippen LogP contribution in [-0.2, 0) is 14.4 Å². The minimum absolute atomic E-state index is 0.000871. The molecule has 4 rings (SSSR count). The van der Waals surface area contributed by atoms with Crippen LogP contribution in [-0.4, -0.2) is 17.3 Å². The van der Waals surface area contributed by atoms with Crippen LogP contribution in [0.15, 0.2) is 0 Å². The third-order valence-corrected chi connectivity index (χ3v) is 7.85. The number of rotatable bonds is 0. The van der Waals surface area contributed by atoms with Gasteiger partial charge >= 0.3 is 0 Å². The van der Waals surface area contributed by atoms with Crippen molar-refractivity contribution >= 4 is 17.3 Å². The average molecular weight is 302 g/mol. The number of Topliss-reactive ketones (excluding diaryl/α,β-unsaturated/α-hetero) is 3. The molecule has 0 saturated heterocycles. The van der Waals surface area contributed by atoms with Crippen LogP contribution >= 0.6 is 0 Å². The Balaban J connectivity index is 1.70. The van der Waals surface area contributed by atoms with Crippen LogP contribution in [0.1, 0.15) is 65.2 Å². The van der Waals surface area contributed by atoms with Gasteiger partial charge in [0.25, 0.3) is 0 Å². The molecule has 3 nitrogen and oxygen atoms in total. The van der Waals surface area contributed by atoms with Gasteiger partial charge in [-0.15, -0.1) is 0 Å². The SMILES string of the molecule is C[C@]12CC[C@@H]3[C@@H](CC(=O)C4CC(=O)CC[C@@]43C)[C@@H]1CC(=O)C2. The number of carbonyl (C=O) groups is 3. The third kappa shape index (κ3) is 1.83. The molecular weight excluding hydrogens is 276 g/mol. The normalized spacial score (nSPS) is 51.3. The predicted octanol–water partition coefficient (Wildman–Crippen LogP) is 3.35. The van der Waals surface area contributed by atoms with E-state index in [0.29, 0.717) is 61.4 Å². The molecule has 4 fully saturated rings. The van der Waals surface area contributed by atoms with E-state index >= 15 is 0 Å². The summed E-state index contributed by atoms with van der Waals surface area (Å²) in [5.41, 5.74) is 0.132. The van der Waals surface area contributed by atoms with Gasteiger partial charge in [0.1, 0.15) is 17.3 Å². The van der Waals surface area contributed by atoms with Gasteiger partial charge < -0.3 is 0 Å². The summed E-state index contributed by atoms with van der Waals surface area (Å²) in [6.07, 6.45) is 6.27. The van der Waals surface area contributed by atoms with Crippen molar-refractivity contribution in [2.75, 3.05) is 0 Å². The molecular formula is C19H26O3. The molecule has 1 unspecified atom stereocenters. The fraction of sp³-hybridized carbons (Fsp3) is 0.842. The van der Waals surface area contributed by atoms with Crippen LogP contribution in [0.4, 0.5) is 0 Å². The predicted molar refractivity (Wildman–Crippen MR) is 82.1 cm³/mol. The summed E-state index contributed by atoms with van der Waals surface area (Å²) in [5, 5.41) is 0. The molecule has 0 radical (unpaired) electrons. The lowest BCUT2D eigenvalue weighted by Crippen LogP contribution is -2.56. The standard InChI is InChI=1S/C19H26O3/c1-18-5-4-14-13(15(18)8-12(21)10-18)9-17(22)16-7-11(20)3-6-19(14,16)2/h13-16H,3-10H2,1-2H3/t13-,14-,15+,16?,18-,19-/m1/s1. The zero-order valence-electron chi connectivity index (χ0n) is 13.7. The quantitative estimate of drug-likeness (QED) is 0.689. The maximum Gasteiger partial charge on any atom is 0.137 e. The fourth-order valence-corrected chi connectivity index (χ4v) is 6.62. The van der Waals surface area contributed by atoms with Gasteiger partial charge in [-0.2, -0.15) is 0 Å². The lowest BCUT2D eigenvalue weighted by Gasteiger charge is -2.58. The third-order valence-electron chi connectivity index (χ3n) is 7.85. The van der Waals surface area contributed by atoms with Crippen molar-refractivity contribution in [2.24, 2.45) is 34.5 Å². The first-order valence-corrected chi connectivity index (χ1v) is 8.90. The monoisotopic (exact) mass is 302 g/mol. The molecule has 120 valence electrons. The van der Waals surface area contributed by atoms with Gasteiger partial charge in [-0.3, -0.25) is 14.4 Å². The smallest absolute Gasteiger partial charge is 0.137 e. The van der Waals surface area contributed by atoms with E-state index in [1.54, 1.807) is 0 Å². The summed E-state index contributed by atoms with van der Waals surface area (Å²) in [6.45, 7) is 4.53. The minimum atomic E-state index is -0.0449. The molecule has 4 aliphatic rings. The summed E-state index contributed by atoms with van der Waals surface area (Å²) in [7, 11) is 0. The summed E-state index contributed by atoms with van der Waals surface area (Å²) < 4.78 is 0. The number of hydrogen-bond acceptors (Lipinski definition) is 3. The van der Waals surface area contributed by atoms with Crippen molar-refractivity contribution < 1.29 is 14.4 Å². The van der Waals surface area contributed by atoms with E-state index in [1.807, 2.05) is 0 Å². The highest BCUT2D eigenvalue weighted by Gasteiger charge is 2.61. The van der Waals surface area contributed by atoms with Crippen LogP contribution in [0.2, 0.25) is 0 Å². The van der Waals surface area contributed by atoms with Gasteiger partial charge in [0.2, 0.25) is 0 Å². The Morgan fingerprint density at radius 2 is 1.68 bits per heavy atom. The number of fused-ring (bicyclic) bond motifs is 5. The van der Waals surface area contributed by atoms with Gasteiger partial charge in [-0.05, 0) is 47.8 Å². The van der Waals surface area contributed by atoms with Crippen molar-refractivity contribution in [3.63, 3.8) is 0 Å². The Labute approximate surface area is 132 Å². The molecule has 0 amide bonds. The maximum absolute atomic E-state index is 12.8. The largest absolute Gasteiger partial charge is 0.300 e. The number of carbonyl (C=O) groups excluding carboxylic acids is 3.